The fourth-order valence-corrected chi connectivity index (χ4v) is 1.60. The van der Waals surface area contributed by atoms with E-state index < -0.39 is 0 Å². The van der Waals surface area contributed by atoms with Gasteiger partial charge in [-0.3, -0.25) is 4.79 Å². The molecule has 0 bridgehead atoms. The van der Waals surface area contributed by atoms with E-state index in [1.54, 1.807) is 0 Å². The molecular formula is C12H23NO2. The Morgan fingerprint density at radius 1 is 1.33 bits per heavy atom. The van der Waals surface area contributed by atoms with Gasteiger partial charge in [-0.2, -0.15) is 0 Å². The van der Waals surface area contributed by atoms with Crippen LogP contribution in [0.4, 0.5) is 0 Å². The average molecular weight is 213 g/mol. The Labute approximate surface area is 92.6 Å². The number of hydrogen-bond acceptors (Lipinski definition) is 2. The Bertz CT molecular complexity index is 224. The van der Waals surface area contributed by atoms with Gasteiger partial charge < -0.3 is 10.1 Å². The van der Waals surface area contributed by atoms with E-state index in [0.29, 0.717) is 0 Å². The molecule has 1 rings (SSSR count). The van der Waals surface area contributed by atoms with Gasteiger partial charge in [0.1, 0.15) is 0 Å². The SMILES string of the molecule is CC1(CNC(=O)C(C)(C)C)CCOCC1. The van der Waals surface area contributed by atoms with Crippen LogP contribution >= 0.6 is 0 Å². The number of hydrogen-bond donors (Lipinski definition) is 1. The van der Waals surface area contributed by atoms with E-state index in [9.17, 15) is 4.79 Å². The molecular weight excluding hydrogens is 190 g/mol. The van der Waals surface area contributed by atoms with Gasteiger partial charge in [-0.25, -0.2) is 0 Å². The first kappa shape index (κ1) is 12.5. The van der Waals surface area contributed by atoms with E-state index in [4.69, 9.17) is 4.74 Å². The summed E-state index contributed by atoms with van der Waals surface area (Å²) in [4.78, 5) is 11.7. The average Bonchev–Trinajstić information content (AvgIpc) is 2.14. The Morgan fingerprint density at radius 3 is 2.33 bits per heavy atom. The standard InChI is InChI=1S/C12H23NO2/c1-11(2,3)10(14)13-9-12(4)5-7-15-8-6-12/h5-9H2,1-4H3,(H,13,14). The molecule has 1 fully saturated rings. The predicted molar refractivity (Wildman–Crippen MR) is 60.6 cm³/mol. The Balaban J connectivity index is 2.38. The zero-order valence-corrected chi connectivity index (χ0v) is 10.4. The normalized spacial score (nSPS) is 21.1. The molecule has 0 aliphatic carbocycles. The molecule has 0 atom stereocenters. The number of carbonyl (C=O) groups is 1. The molecule has 0 aromatic heterocycles. The number of carbonyl (C=O) groups excluding carboxylic acids is 1. The molecule has 88 valence electrons. The largest absolute Gasteiger partial charge is 0.381 e. The number of nitrogens with one attached hydrogen (secondary N) is 1. The lowest BCUT2D eigenvalue weighted by Crippen LogP contribution is -2.43. The van der Waals surface area contributed by atoms with E-state index in [1.807, 2.05) is 20.8 Å². The predicted octanol–water partition coefficient (Wildman–Crippen LogP) is 1.97. The van der Waals surface area contributed by atoms with E-state index in [-0.39, 0.29) is 16.7 Å². The Morgan fingerprint density at radius 2 is 1.87 bits per heavy atom. The summed E-state index contributed by atoms with van der Waals surface area (Å²) < 4.78 is 5.33. The van der Waals surface area contributed by atoms with Crippen LogP contribution in [-0.2, 0) is 9.53 Å². The smallest absolute Gasteiger partial charge is 0.225 e. The molecule has 0 aromatic carbocycles. The second-order valence-electron chi connectivity index (χ2n) is 5.86. The van der Waals surface area contributed by atoms with Gasteiger partial charge >= 0.3 is 0 Å². The minimum Gasteiger partial charge on any atom is -0.381 e. The molecule has 1 aliphatic rings. The van der Waals surface area contributed by atoms with Gasteiger partial charge in [0, 0.05) is 25.2 Å². The highest BCUT2D eigenvalue weighted by atomic mass is 16.5. The topological polar surface area (TPSA) is 38.3 Å². The highest BCUT2D eigenvalue weighted by Crippen LogP contribution is 2.29. The van der Waals surface area contributed by atoms with Crippen molar-refractivity contribution in [3.8, 4) is 0 Å². The summed E-state index contributed by atoms with van der Waals surface area (Å²) in [6.07, 6.45) is 2.08. The van der Waals surface area contributed by atoms with Crippen LogP contribution in [0.5, 0.6) is 0 Å². The van der Waals surface area contributed by atoms with Gasteiger partial charge in [0.15, 0.2) is 0 Å². The lowest BCUT2D eigenvalue weighted by Gasteiger charge is -2.34. The van der Waals surface area contributed by atoms with Crippen molar-refractivity contribution in [2.24, 2.45) is 10.8 Å². The molecule has 1 saturated heterocycles. The zero-order valence-electron chi connectivity index (χ0n) is 10.4. The van der Waals surface area contributed by atoms with Crippen LogP contribution in [0.1, 0.15) is 40.5 Å². The number of rotatable bonds is 2. The van der Waals surface area contributed by atoms with Gasteiger partial charge in [0.2, 0.25) is 5.91 Å². The molecule has 1 heterocycles. The third-order valence-electron chi connectivity index (χ3n) is 3.06. The first-order valence-electron chi connectivity index (χ1n) is 5.70. The lowest BCUT2D eigenvalue weighted by molar-refractivity contribution is -0.129. The van der Waals surface area contributed by atoms with Crippen molar-refractivity contribution in [1.29, 1.82) is 0 Å². The minimum absolute atomic E-state index is 0.134. The van der Waals surface area contributed by atoms with Crippen LogP contribution < -0.4 is 5.32 Å². The summed E-state index contributed by atoms with van der Waals surface area (Å²) in [7, 11) is 0. The van der Waals surface area contributed by atoms with E-state index in [2.05, 4.69) is 12.2 Å². The first-order chi connectivity index (χ1) is 6.83. The van der Waals surface area contributed by atoms with Crippen molar-refractivity contribution in [3.63, 3.8) is 0 Å². The maximum absolute atomic E-state index is 11.7. The Hall–Kier alpha value is -0.570. The quantitative estimate of drug-likeness (QED) is 0.761. The van der Waals surface area contributed by atoms with E-state index in [0.717, 1.165) is 32.6 Å². The molecule has 0 saturated carbocycles. The van der Waals surface area contributed by atoms with Crippen LogP contribution in [0.2, 0.25) is 0 Å². The molecule has 3 nitrogen and oxygen atoms in total. The van der Waals surface area contributed by atoms with Gasteiger partial charge in [-0.05, 0) is 18.3 Å². The zero-order chi connectivity index (χ0) is 11.5. The van der Waals surface area contributed by atoms with Crippen molar-refractivity contribution in [1.82, 2.24) is 5.32 Å². The van der Waals surface area contributed by atoms with Crippen molar-refractivity contribution < 1.29 is 9.53 Å². The molecule has 1 amide bonds. The molecule has 0 radical (unpaired) electrons. The summed E-state index contributed by atoms with van der Waals surface area (Å²) in [6.45, 7) is 10.5. The summed E-state index contributed by atoms with van der Waals surface area (Å²) in [6, 6.07) is 0. The number of amides is 1. The summed E-state index contributed by atoms with van der Waals surface area (Å²) in [5.41, 5.74) is -0.0688. The summed E-state index contributed by atoms with van der Waals surface area (Å²) in [5, 5.41) is 3.04. The monoisotopic (exact) mass is 213 g/mol. The second kappa shape index (κ2) is 4.52. The molecule has 0 spiro atoms. The van der Waals surface area contributed by atoms with Gasteiger partial charge in [0.25, 0.3) is 0 Å². The highest BCUT2D eigenvalue weighted by molar-refractivity contribution is 5.81. The fourth-order valence-electron chi connectivity index (χ4n) is 1.60. The minimum atomic E-state index is -0.290. The van der Waals surface area contributed by atoms with Crippen molar-refractivity contribution >= 4 is 5.91 Å². The summed E-state index contributed by atoms with van der Waals surface area (Å²) >= 11 is 0. The molecule has 15 heavy (non-hydrogen) atoms. The molecule has 0 aromatic rings. The van der Waals surface area contributed by atoms with Gasteiger partial charge in [0.05, 0.1) is 0 Å². The third-order valence-corrected chi connectivity index (χ3v) is 3.06. The Kier molecular flexibility index (Phi) is 3.77. The highest BCUT2D eigenvalue weighted by Gasteiger charge is 2.29. The second-order valence-corrected chi connectivity index (χ2v) is 5.86. The third kappa shape index (κ3) is 3.82. The summed E-state index contributed by atoms with van der Waals surface area (Å²) in [5.74, 6) is 0.134. The maximum atomic E-state index is 11.7. The molecule has 1 aliphatic heterocycles. The van der Waals surface area contributed by atoms with Crippen LogP contribution in [0.25, 0.3) is 0 Å². The van der Waals surface area contributed by atoms with Gasteiger partial charge in [-0.1, -0.05) is 27.7 Å². The number of ether oxygens (including phenoxy) is 1. The van der Waals surface area contributed by atoms with Crippen molar-refractivity contribution in [2.75, 3.05) is 19.8 Å². The van der Waals surface area contributed by atoms with Crippen LogP contribution in [0, 0.1) is 10.8 Å². The van der Waals surface area contributed by atoms with Gasteiger partial charge in [-0.15, -0.1) is 0 Å². The van der Waals surface area contributed by atoms with E-state index >= 15 is 0 Å². The van der Waals surface area contributed by atoms with Crippen LogP contribution in [0.15, 0.2) is 0 Å². The van der Waals surface area contributed by atoms with Crippen molar-refractivity contribution in [3.05, 3.63) is 0 Å². The maximum Gasteiger partial charge on any atom is 0.225 e. The molecule has 1 N–H and O–H groups in total. The lowest BCUT2D eigenvalue weighted by atomic mass is 9.82. The molecule has 0 unspecified atom stereocenters. The first-order valence-corrected chi connectivity index (χ1v) is 5.70. The fraction of sp³-hybridized carbons (Fsp3) is 0.917. The van der Waals surface area contributed by atoms with E-state index in [1.165, 1.54) is 0 Å². The van der Waals surface area contributed by atoms with Crippen molar-refractivity contribution in [2.45, 2.75) is 40.5 Å². The van der Waals surface area contributed by atoms with Crippen LogP contribution in [0.3, 0.4) is 0 Å². The van der Waals surface area contributed by atoms with Crippen LogP contribution in [-0.4, -0.2) is 25.7 Å². The molecule has 3 heteroatoms.